The molecule has 0 atom stereocenters. The van der Waals surface area contributed by atoms with Gasteiger partial charge < -0.3 is 0 Å². The molecule has 0 spiro atoms. The summed E-state index contributed by atoms with van der Waals surface area (Å²) < 4.78 is 0. The van der Waals surface area contributed by atoms with Crippen molar-refractivity contribution in [2.75, 3.05) is 0 Å². The molecule has 0 saturated carbocycles. The van der Waals surface area contributed by atoms with Crippen LogP contribution in [0, 0.1) is 20.8 Å². The lowest BCUT2D eigenvalue weighted by Gasteiger charge is -2.13. The highest BCUT2D eigenvalue weighted by Crippen LogP contribution is 2.33. The van der Waals surface area contributed by atoms with Crippen LogP contribution in [0.2, 0.25) is 0 Å². The second-order valence-corrected chi connectivity index (χ2v) is 7.19. The van der Waals surface area contributed by atoms with Crippen molar-refractivity contribution in [2.24, 2.45) is 0 Å². The van der Waals surface area contributed by atoms with Crippen molar-refractivity contribution in [2.45, 2.75) is 20.8 Å². The zero-order valence-corrected chi connectivity index (χ0v) is 16.0. The molecule has 27 heavy (non-hydrogen) atoms. The van der Waals surface area contributed by atoms with Crippen LogP contribution in [-0.2, 0) is 0 Å². The number of pyridine rings is 1. The first-order chi connectivity index (χ1) is 13.1. The fourth-order valence-corrected chi connectivity index (χ4v) is 3.24. The average Bonchev–Trinajstić information content (AvgIpc) is 2.69. The summed E-state index contributed by atoms with van der Waals surface area (Å²) in [6.45, 7) is 6.33. The van der Waals surface area contributed by atoms with E-state index in [2.05, 4.69) is 106 Å². The Morgan fingerprint density at radius 1 is 0.444 bits per heavy atom. The highest BCUT2D eigenvalue weighted by atomic mass is 14.7. The van der Waals surface area contributed by atoms with Gasteiger partial charge in [0.15, 0.2) is 0 Å². The van der Waals surface area contributed by atoms with E-state index in [1.807, 2.05) is 0 Å². The Morgan fingerprint density at radius 3 is 1.41 bits per heavy atom. The molecule has 0 aliphatic carbocycles. The molecular weight excluding hydrogens is 326 g/mol. The van der Waals surface area contributed by atoms with E-state index in [-0.39, 0.29) is 0 Å². The van der Waals surface area contributed by atoms with Gasteiger partial charge in [-0.15, -0.1) is 0 Å². The fraction of sp³-hybridized carbons (Fsp3) is 0.115. The van der Waals surface area contributed by atoms with Gasteiger partial charge in [0.25, 0.3) is 0 Å². The lowest BCUT2D eigenvalue weighted by Crippen LogP contribution is -1.93. The molecule has 0 saturated heterocycles. The van der Waals surface area contributed by atoms with Gasteiger partial charge in [0.2, 0.25) is 0 Å². The summed E-state index contributed by atoms with van der Waals surface area (Å²) in [7, 11) is 0. The van der Waals surface area contributed by atoms with E-state index >= 15 is 0 Å². The predicted molar refractivity (Wildman–Crippen MR) is 115 cm³/mol. The first-order valence-electron chi connectivity index (χ1n) is 9.32. The fourth-order valence-electron chi connectivity index (χ4n) is 3.24. The molecule has 132 valence electrons. The highest BCUT2D eigenvalue weighted by Gasteiger charge is 2.11. The minimum Gasteiger partial charge on any atom is -0.247 e. The summed E-state index contributed by atoms with van der Waals surface area (Å²) in [5.41, 5.74) is 10.4. The Bertz CT molecular complexity index is 1060. The maximum absolute atomic E-state index is 5.07. The van der Waals surface area contributed by atoms with Crippen molar-refractivity contribution >= 4 is 0 Å². The topological polar surface area (TPSA) is 12.9 Å². The Labute approximate surface area is 161 Å². The van der Waals surface area contributed by atoms with E-state index in [4.69, 9.17) is 4.98 Å². The van der Waals surface area contributed by atoms with Crippen molar-refractivity contribution < 1.29 is 0 Å². The number of aryl methyl sites for hydroxylation is 3. The zero-order valence-electron chi connectivity index (χ0n) is 16.0. The molecule has 1 nitrogen and oxygen atoms in total. The van der Waals surface area contributed by atoms with E-state index in [0.717, 1.165) is 28.1 Å². The van der Waals surface area contributed by atoms with Crippen molar-refractivity contribution in [3.8, 4) is 33.6 Å². The average molecular weight is 349 g/mol. The Balaban J connectivity index is 1.89. The van der Waals surface area contributed by atoms with Gasteiger partial charge >= 0.3 is 0 Å². The summed E-state index contributed by atoms with van der Waals surface area (Å²) >= 11 is 0. The molecule has 4 aromatic rings. The molecule has 0 unspecified atom stereocenters. The van der Waals surface area contributed by atoms with Crippen molar-refractivity contribution in [3.05, 3.63) is 102 Å². The largest absolute Gasteiger partial charge is 0.247 e. The van der Waals surface area contributed by atoms with Crippen LogP contribution < -0.4 is 0 Å². The summed E-state index contributed by atoms with van der Waals surface area (Å²) in [6, 6.07) is 30.2. The molecule has 0 aliphatic rings. The summed E-state index contributed by atoms with van der Waals surface area (Å²) in [6.07, 6.45) is 0. The molecule has 0 N–H and O–H groups in total. The van der Waals surface area contributed by atoms with Crippen molar-refractivity contribution in [1.82, 2.24) is 4.98 Å². The lowest BCUT2D eigenvalue weighted by molar-refractivity contribution is 1.31. The quantitative estimate of drug-likeness (QED) is 0.388. The molecule has 0 amide bonds. The van der Waals surface area contributed by atoms with E-state index in [1.165, 1.54) is 22.3 Å². The normalized spacial score (nSPS) is 10.8. The van der Waals surface area contributed by atoms with Gasteiger partial charge in [-0.2, -0.15) is 0 Å². The third-order valence-corrected chi connectivity index (χ3v) is 4.93. The number of hydrogen-bond donors (Lipinski definition) is 0. The molecular formula is C26H23N. The van der Waals surface area contributed by atoms with Crippen LogP contribution in [0.4, 0.5) is 0 Å². The summed E-state index contributed by atoms with van der Waals surface area (Å²) in [5, 5.41) is 0. The Morgan fingerprint density at radius 2 is 0.889 bits per heavy atom. The maximum Gasteiger partial charge on any atom is 0.0787 e. The smallest absolute Gasteiger partial charge is 0.0787 e. The summed E-state index contributed by atoms with van der Waals surface area (Å²) in [4.78, 5) is 5.07. The second kappa shape index (κ2) is 7.20. The van der Waals surface area contributed by atoms with Gasteiger partial charge in [-0.25, -0.2) is 4.98 Å². The Hall–Kier alpha value is -3.19. The van der Waals surface area contributed by atoms with Crippen LogP contribution >= 0.6 is 0 Å². The van der Waals surface area contributed by atoms with Crippen LogP contribution in [0.25, 0.3) is 33.6 Å². The summed E-state index contributed by atoms with van der Waals surface area (Å²) in [5.74, 6) is 0. The molecule has 1 heterocycles. The number of hydrogen-bond acceptors (Lipinski definition) is 1. The SMILES string of the molecule is Cc1ccc(-c2ccc(-c3ccc(C)cc3)c(-c3ccc(C)cc3)n2)cc1. The number of aromatic nitrogens is 1. The third-order valence-electron chi connectivity index (χ3n) is 4.93. The van der Waals surface area contributed by atoms with E-state index < -0.39 is 0 Å². The minimum atomic E-state index is 1.00. The second-order valence-electron chi connectivity index (χ2n) is 7.19. The monoisotopic (exact) mass is 349 g/mol. The minimum absolute atomic E-state index is 1.00. The molecule has 0 aliphatic heterocycles. The number of nitrogens with zero attached hydrogens (tertiary/aromatic N) is 1. The van der Waals surface area contributed by atoms with Crippen LogP contribution in [0.1, 0.15) is 16.7 Å². The van der Waals surface area contributed by atoms with Crippen LogP contribution in [0.3, 0.4) is 0 Å². The molecule has 0 fully saturated rings. The molecule has 0 radical (unpaired) electrons. The van der Waals surface area contributed by atoms with Crippen molar-refractivity contribution in [3.63, 3.8) is 0 Å². The van der Waals surface area contributed by atoms with E-state index in [9.17, 15) is 0 Å². The van der Waals surface area contributed by atoms with Crippen molar-refractivity contribution in [1.29, 1.82) is 0 Å². The number of benzene rings is 3. The van der Waals surface area contributed by atoms with Gasteiger partial charge in [-0.1, -0.05) is 95.6 Å². The highest BCUT2D eigenvalue weighted by molar-refractivity contribution is 5.83. The molecule has 3 aromatic carbocycles. The third kappa shape index (κ3) is 3.68. The van der Waals surface area contributed by atoms with Crippen LogP contribution in [-0.4, -0.2) is 4.98 Å². The van der Waals surface area contributed by atoms with Gasteiger partial charge in [0, 0.05) is 16.7 Å². The van der Waals surface area contributed by atoms with E-state index in [0.29, 0.717) is 0 Å². The maximum atomic E-state index is 5.07. The van der Waals surface area contributed by atoms with Gasteiger partial charge in [0.1, 0.15) is 0 Å². The lowest BCUT2D eigenvalue weighted by atomic mass is 9.96. The van der Waals surface area contributed by atoms with Gasteiger partial charge in [-0.3, -0.25) is 0 Å². The first-order valence-corrected chi connectivity index (χ1v) is 9.32. The Kier molecular flexibility index (Phi) is 4.60. The predicted octanol–water partition coefficient (Wildman–Crippen LogP) is 7.01. The van der Waals surface area contributed by atoms with Crippen LogP contribution in [0.15, 0.2) is 84.9 Å². The van der Waals surface area contributed by atoms with Crippen LogP contribution in [0.5, 0.6) is 0 Å². The first kappa shape index (κ1) is 17.2. The molecule has 0 bridgehead atoms. The van der Waals surface area contributed by atoms with E-state index in [1.54, 1.807) is 0 Å². The number of rotatable bonds is 3. The van der Waals surface area contributed by atoms with Gasteiger partial charge in [-0.05, 0) is 32.4 Å². The molecule has 1 heteroatoms. The molecule has 4 rings (SSSR count). The standard InChI is InChI=1S/C26H23N/c1-18-4-10-21(11-5-18)24-16-17-25(22-12-6-19(2)7-13-22)27-26(24)23-14-8-20(3)9-15-23/h4-17H,1-3H3. The zero-order chi connectivity index (χ0) is 18.8. The molecule has 1 aromatic heterocycles. The van der Waals surface area contributed by atoms with Gasteiger partial charge in [0.05, 0.1) is 11.4 Å².